The van der Waals surface area contributed by atoms with Crippen molar-refractivity contribution < 1.29 is 0 Å². The number of nitrogens with zero attached hydrogens (tertiary/aromatic N) is 2. The summed E-state index contributed by atoms with van der Waals surface area (Å²) in [5, 5.41) is 4.11. The molecule has 0 spiro atoms. The highest BCUT2D eigenvalue weighted by molar-refractivity contribution is 5.63. The van der Waals surface area contributed by atoms with Crippen molar-refractivity contribution in [3.63, 3.8) is 0 Å². The molecule has 0 aliphatic rings. The summed E-state index contributed by atoms with van der Waals surface area (Å²) in [6.07, 6.45) is 7.15. The average Bonchev–Trinajstić information content (AvgIpc) is 2.39. The molecule has 2 nitrogen and oxygen atoms in total. The van der Waals surface area contributed by atoms with Crippen LogP contribution in [0.3, 0.4) is 0 Å². The molecule has 60 valence electrons. The standard InChI is InChI=1S/C9H14N2/c1-4-8(5-2)9-6-10-11(3)7-9/h4,6-7H,5H2,1-3H3/b8-4+. The summed E-state index contributed by atoms with van der Waals surface area (Å²) in [6.45, 7) is 4.22. The van der Waals surface area contributed by atoms with Crippen LogP contribution in [0.5, 0.6) is 0 Å². The molecule has 0 saturated carbocycles. The van der Waals surface area contributed by atoms with E-state index in [0.717, 1.165) is 6.42 Å². The number of rotatable bonds is 2. The summed E-state index contributed by atoms with van der Waals surface area (Å²) in [6, 6.07) is 0. The fourth-order valence-electron chi connectivity index (χ4n) is 1.16. The minimum absolute atomic E-state index is 1.07. The highest BCUT2D eigenvalue weighted by Gasteiger charge is 1.98. The van der Waals surface area contributed by atoms with Gasteiger partial charge in [-0.15, -0.1) is 0 Å². The van der Waals surface area contributed by atoms with Crippen molar-refractivity contribution in [3.8, 4) is 0 Å². The van der Waals surface area contributed by atoms with Gasteiger partial charge >= 0.3 is 0 Å². The van der Waals surface area contributed by atoms with Gasteiger partial charge in [0.1, 0.15) is 0 Å². The van der Waals surface area contributed by atoms with E-state index in [-0.39, 0.29) is 0 Å². The zero-order valence-electron chi connectivity index (χ0n) is 7.33. The molecule has 0 N–H and O–H groups in total. The van der Waals surface area contributed by atoms with Gasteiger partial charge in [-0.3, -0.25) is 4.68 Å². The summed E-state index contributed by atoms with van der Waals surface area (Å²) >= 11 is 0. The van der Waals surface area contributed by atoms with Crippen LogP contribution in [-0.4, -0.2) is 9.78 Å². The van der Waals surface area contributed by atoms with Gasteiger partial charge in [0.15, 0.2) is 0 Å². The lowest BCUT2D eigenvalue weighted by Crippen LogP contribution is -1.84. The molecule has 1 aromatic rings. The quantitative estimate of drug-likeness (QED) is 0.632. The maximum atomic E-state index is 4.11. The normalized spacial score (nSPS) is 12.1. The second-order valence-corrected chi connectivity index (χ2v) is 2.57. The Kier molecular flexibility index (Phi) is 2.47. The Labute approximate surface area is 67.5 Å². The highest BCUT2D eigenvalue weighted by atomic mass is 15.2. The Morgan fingerprint density at radius 1 is 1.73 bits per heavy atom. The Balaban J connectivity index is 2.91. The SMILES string of the molecule is C/C=C(\CC)c1cnn(C)c1. The lowest BCUT2D eigenvalue weighted by Gasteiger charge is -1.96. The van der Waals surface area contributed by atoms with Gasteiger partial charge in [-0.05, 0) is 18.9 Å². The van der Waals surface area contributed by atoms with Crippen molar-refractivity contribution in [1.82, 2.24) is 9.78 Å². The van der Waals surface area contributed by atoms with Gasteiger partial charge in [0.25, 0.3) is 0 Å². The molecule has 0 amide bonds. The van der Waals surface area contributed by atoms with Crippen LogP contribution in [0.2, 0.25) is 0 Å². The molecular formula is C9H14N2. The molecule has 0 unspecified atom stereocenters. The third-order valence-electron chi connectivity index (χ3n) is 1.81. The van der Waals surface area contributed by atoms with Crippen molar-refractivity contribution in [3.05, 3.63) is 24.0 Å². The van der Waals surface area contributed by atoms with E-state index < -0.39 is 0 Å². The Bertz CT molecular complexity index is 258. The second-order valence-electron chi connectivity index (χ2n) is 2.57. The van der Waals surface area contributed by atoms with Crippen molar-refractivity contribution in [2.24, 2.45) is 7.05 Å². The van der Waals surface area contributed by atoms with Gasteiger partial charge in [0.2, 0.25) is 0 Å². The molecule has 0 saturated heterocycles. The lowest BCUT2D eigenvalue weighted by molar-refractivity contribution is 0.767. The molecule has 0 aliphatic carbocycles. The van der Waals surface area contributed by atoms with Crippen molar-refractivity contribution in [1.29, 1.82) is 0 Å². The second kappa shape index (κ2) is 3.37. The Morgan fingerprint density at radius 2 is 2.45 bits per heavy atom. The maximum absolute atomic E-state index is 4.11. The van der Waals surface area contributed by atoms with Crippen molar-refractivity contribution >= 4 is 5.57 Å². The van der Waals surface area contributed by atoms with Gasteiger partial charge in [-0.1, -0.05) is 13.0 Å². The van der Waals surface area contributed by atoms with Gasteiger partial charge in [-0.2, -0.15) is 5.10 Å². The van der Waals surface area contributed by atoms with Crippen LogP contribution in [-0.2, 0) is 7.05 Å². The van der Waals surface area contributed by atoms with Crippen LogP contribution in [0.1, 0.15) is 25.8 Å². The Hall–Kier alpha value is -1.05. The van der Waals surface area contributed by atoms with E-state index >= 15 is 0 Å². The Morgan fingerprint density at radius 3 is 2.82 bits per heavy atom. The van der Waals surface area contributed by atoms with E-state index in [9.17, 15) is 0 Å². The molecule has 0 atom stereocenters. The first-order chi connectivity index (χ1) is 5.27. The zero-order chi connectivity index (χ0) is 8.27. The van der Waals surface area contributed by atoms with Gasteiger partial charge in [-0.25, -0.2) is 0 Å². The first-order valence-electron chi connectivity index (χ1n) is 3.92. The summed E-state index contributed by atoms with van der Waals surface area (Å²) in [5.74, 6) is 0. The van der Waals surface area contributed by atoms with Crippen LogP contribution in [0.25, 0.3) is 5.57 Å². The number of hydrogen-bond donors (Lipinski definition) is 0. The summed E-state index contributed by atoms with van der Waals surface area (Å²) < 4.78 is 1.83. The fourth-order valence-corrected chi connectivity index (χ4v) is 1.16. The van der Waals surface area contributed by atoms with Crippen LogP contribution >= 0.6 is 0 Å². The van der Waals surface area contributed by atoms with E-state index in [1.807, 2.05) is 24.1 Å². The van der Waals surface area contributed by atoms with E-state index in [1.165, 1.54) is 11.1 Å². The largest absolute Gasteiger partial charge is 0.275 e. The van der Waals surface area contributed by atoms with E-state index in [0.29, 0.717) is 0 Å². The molecule has 0 radical (unpaired) electrons. The van der Waals surface area contributed by atoms with Crippen LogP contribution in [0.4, 0.5) is 0 Å². The van der Waals surface area contributed by atoms with Gasteiger partial charge in [0.05, 0.1) is 6.20 Å². The average molecular weight is 150 g/mol. The van der Waals surface area contributed by atoms with Crippen LogP contribution < -0.4 is 0 Å². The van der Waals surface area contributed by atoms with Crippen LogP contribution in [0.15, 0.2) is 18.5 Å². The van der Waals surface area contributed by atoms with Gasteiger partial charge in [0, 0.05) is 18.8 Å². The summed E-state index contributed by atoms with van der Waals surface area (Å²) in [5.41, 5.74) is 2.59. The van der Waals surface area contributed by atoms with Crippen LogP contribution in [0, 0.1) is 0 Å². The maximum Gasteiger partial charge on any atom is 0.0564 e. The molecule has 0 fully saturated rings. The van der Waals surface area contributed by atoms with Crippen molar-refractivity contribution in [2.75, 3.05) is 0 Å². The fraction of sp³-hybridized carbons (Fsp3) is 0.444. The number of hydrogen-bond acceptors (Lipinski definition) is 1. The minimum atomic E-state index is 1.07. The summed E-state index contributed by atoms with van der Waals surface area (Å²) in [4.78, 5) is 0. The molecule has 1 aromatic heterocycles. The molecular weight excluding hydrogens is 136 g/mol. The predicted molar refractivity (Wildman–Crippen MR) is 47.2 cm³/mol. The van der Waals surface area contributed by atoms with E-state index in [1.54, 1.807) is 0 Å². The minimum Gasteiger partial charge on any atom is -0.275 e. The number of aryl methyl sites for hydroxylation is 1. The van der Waals surface area contributed by atoms with E-state index in [4.69, 9.17) is 0 Å². The lowest BCUT2D eigenvalue weighted by atomic mass is 10.1. The number of allylic oxidation sites excluding steroid dienone is 2. The molecule has 2 heteroatoms. The molecule has 0 bridgehead atoms. The highest BCUT2D eigenvalue weighted by Crippen LogP contribution is 2.15. The molecule has 1 rings (SSSR count). The predicted octanol–water partition coefficient (Wildman–Crippen LogP) is 2.23. The first-order valence-corrected chi connectivity index (χ1v) is 3.92. The van der Waals surface area contributed by atoms with Crippen molar-refractivity contribution in [2.45, 2.75) is 20.3 Å². The monoisotopic (exact) mass is 150 g/mol. The molecule has 11 heavy (non-hydrogen) atoms. The zero-order valence-corrected chi connectivity index (χ0v) is 7.33. The molecule has 0 aromatic carbocycles. The smallest absolute Gasteiger partial charge is 0.0564 e. The van der Waals surface area contributed by atoms with E-state index in [2.05, 4.69) is 25.0 Å². The third-order valence-corrected chi connectivity index (χ3v) is 1.81. The molecule has 1 heterocycles. The third kappa shape index (κ3) is 1.70. The number of aromatic nitrogens is 2. The topological polar surface area (TPSA) is 17.8 Å². The first kappa shape index (κ1) is 8.05. The summed E-state index contributed by atoms with van der Waals surface area (Å²) in [7, 11) is 1.94. The van der Waals surface area contributed by atoms with Gasteiger partial charge < -0.3 is 0 Å². The molecule has 0 aliphatic heterocycles.